The summed E-state index contributed by atoms with van der Waals surface area (Å²) >= 11 is 0. The summed E-state index contributed by atoms with van der Waals surface area (Å²) in [5.41, 5.74) is 2.94. The Labute approximate surface area is 221 Å². The van der Waals surface area contributed by atoms with Crippen LogP contribution in [-0.2, 0) is 26.0 Å². The van der Waals surface area contributed by atoms with E-state index >= 15 is 0 Å². The Morgan fingerprint density at radius 3 is 2.50 bits per heavy atom. The topological polar surface area (TPSA) is 126 Å². The van der Waals surface area contributed by atoms with Gasteiger partial charge in [0.2, 0.25) is 5.91 Å². The van der Waals surface area contributed by atoms with Crippen LogP contribution in [-0.4, -0.2) is 54.2 Å². The first-order valence-electron chi connectivity index (χ1n) is 12.7. The Hall–Kier alpha value is -3.50. The van der Waals surface area contributed by atoms with Crippen LogP contribution in [0.1, 0.15) is 36.9 Å². The highest BCUT2D eigenvalue weighted by molar-refractivity contribution is 7.91. The van der Waals surface area contributed by atoms with Crippen LogP contribution in [0.4, 0.5) is 0 Å². The van der Waals surface area contributed by atoms with E-state index in [9.17, 15) is 23.2 Å². The molecule has 0 atom stereocenters. The predicted molar refractivity (Wildman–Crippen MR) is 140 cm³/mol. The van der Waals surface area contributed by atoms with Gasteiger partial charge in [-0.05, 0) is 62.1 Å². The fourth-order valence-corrected chi connectivity index (χ4v) is 6.98. The van der Waals surface area contributed by atoms with Crippen LogP contribution in [0.5, 0.6) is 5.75 Å². The summed E-state index contributed by atoms with van der Waals surface area (Å²) < 4.78 is 32.4. The molecule has 5 rings (SSSR count). The molecule has 38 heavy (non-hydrogen) atoms. The first kappa shape index (κ1) is 26.1. The minimum absolute atomic E-state index is 0.0370. The Morgan fingerprint density at radius 2 is 1.84 bits per heavy atom. The highest BCUT2D eigenvalue weighted by atomic mass is 32.2. The minimum Gasteiger partial charge on any atom is -0.489 e. The van der Waals surface area contributed by atoms with Gasteiger partial charge < -0.3 is 9.64 Å². The number of nitrogens with one attached hydrogen (secondary N) is 1. The maximum absolute atomic E-state index is 13.2. The Morgan fingerprint density at radius 1 is 1.13 bits per heavy atom. The number of likely N-dealkylation sites (tertiary alicyclic amines) is 1. The van der Waals surface area contributed by atoms with Crippen molar-refractivity contribution in [1.29, 1.82) is 0 Å². The number of hydrogen-bond acceptors (Lipinski definition) is 7. The maximum Gasteiger partial charge on any atom is 0.254 e. The van der Waals surface area contributed by atoms with E-state index in [-0.39, 0.29) is 23.9 Å². The molecule has 2 aromatic carbocycles. The lowest BCUT2D eigenvalue weighted by molar-refractivity contribution is -0.157. The van der Waals surface area contributed by atoms with E-state index in [0.29, 0.717) is 24.7 Å². The van der Waals surface area contributed by atoms with E-state index in [1.165, 1.54) is 17.0 Å². The van der Waals surface area contributed by atoms with Crippen molar-refractivity contribution < 1.29 is 28.0 Å². The van der Waals surface area contributed by atoms with Gasteiger partial charge in [0, 0.05) is 36.2 Å². The van der Waals surface area contributed by atoms with Crippen LogP contribution in [0.2, 0.25) is 0 Å². The Bertz CT molecular complexity index is 1460. The molecule has 1 saturated carbocycles. The molecule has 2 heterocycles. The van der Waals surface area contributed by atoms with E-state index in [1.54, 1.807) is 17.6 Å². The number of pyridine rings is 1. The standard InChI is InChI=1S/C28H31N3O6S/c1-19-13-21(24-7-2-3-8-25(24)29-19)15-37-22-9-11-23(12-10-22)38(35,36)18-28(27(33)30-34)16-31(17-28)26(32)14-20-5-4-6-20/h2-3,7-13,20,34H,4-6,14-18H2,1H3,(H,30,33). The molecular formula is C28H31N3O6S. The van der Waals surface area contributed by atoms with E-state index < -0.39 is 26.9 Å². The monoisotopic (exact) mass is 537 g/mol. The largest absolute Gasteiger partial charge is 0.489 e. The number of ether oxygens (including phenoxy) is 1. The number of hydroxylamine groups is 1. The van der Waals surface area contributed by atoms with Gasteiger partial charge in [-0.25, -0.2) is 13.9 Å². The van der Waals surface area contributed by atoms with Gasteiger partial charge in [0.15, 0.2) is 9.84 Å². The summed E-state index contributed by atoms with van der Waals surface area (Å²) in [5.74, 6) is -0.514. The van der Waals surface area contributed by atoms with E-state index in [0.717, 1.165) is 41.4 Å². The van der Waals surface area contributed by atoms with Crippen LogP contribution in [0.15, 0.2) is 59.5 Å². The highest BCUT2D eigenvalue weighted by Gasteiger charge is 2.53. The average Bonchev–Trinajstić information content (AvgIpc) is 2.86. The zero-order valence-electron chi connectivity index (χ0n) is 21.2. The minimum atomic E-state index is -3.89. The number of carbonyl (C=O) groups is 2. The summed E-state index contributed by atoms with van der Waals surface area (Å²) in [6.07, 6.45) is 3.58. The molecule has 2 amide bonds. The number of carbonyl (C=O) groups excluding carboxylic acids is 2. The molecule has 1 aliphatic carbocycles. The van der Waals surface area contributed by atoms with Gasteiger partial charge in [-0.2, -0.15) is 0 Å². The molecule has 200 valence electrons. The second-order valence-corrected chi connectivity index (χ2v) is 12.4. The number of para-hydroxylation sites is 1. The lowest BCUT2D eigenvalue weighted by Gasteiger charge is -2.48. The number of amides is 2. The summed E-state index contributed by atoms with van der Waals surface area (Å²) in [7, 11) is -3.89. The molecule has 2 N–H and O–H groups in total. The van der Waals surface area contributed by atoms with Gasteiger partial charge in [0.1, 0.15) is 17.8 Å². The van der Waals surface area contributed by atoms with Crippen molar-refractivity contribution in [2.24, 2.45) is 11.3 Å². The zero-order valence-corrected chi connectivity index (χ0v) is 22.0. The van der Waals surface area contributed by atoms with Crippen LogP contribution in [0, 0.1) is 18.3 Å². The molecule has 0 unspecified atom stereocenters. The third-order valence-electron chi connectivity index (χ3n) is 7.58. The van der Waals surface area contributed by atoms with Crippen LogP contribution < -0.4 is 10.2 Å². The molecule has 0 radical (unpaired) electrons. The normalized spacial score (nSPS) is 16.9. The van der Waals surface area contributed by atoms with Gasteiger partial charge in [-0.15, -0.1) is 0 Å². The van der Waals surface area contributed by atoms with Crippen molar-refractivity contribution in [2.75, 3.05) is 18.8 Å². The van der Waals surface area contributed by atoms with Crippen LogP contribution in [0.25, 0.3) is 10.9 Å². The van der Waals surface area contributed by atoms with Gasteiger partial charge in [-0.1, -0.05) is 24.6 Å². The molecular weight excluding hydrogens is 506 g/mol. The van der Waals surface area contributed by atoms with E-state index in [2.05, 4.69) is 4.98 Å². The first-order valence-corrected chi connectivity index (χ1v) is 14.4. The second kappa shape index (κ2) is 10.3. The summed E-state index contributed by atoms with van der Waals surface area (Å²) in [4.78, 5) is 31.1. The van der Waals surface area contributed by atoms with Crippen molar-refractivity contribution in [3.05, 3.63) is 65.9 Å². The quantitative estimate of drug-likeness (QED) is 0.316. The third-order valence-corrected chi connectivity index (χ3v) is 9.51. The zero-order chi connectivity index (χ0) is 26.9. The Balaban J connectivity index is 1.25. The highest BCUT2D eigenvalue weighted by Crippen LogP contribution is 2.37. The summed E-state index contributed by atoms with van der Waals surface area (Å²) in [6, 6.07) is 15.8. The van der Waals surface area contributed by atoms with E-state index in [1.807, 2.05) is 37.3 Å². The molecule has 2 fully saturated rings. The number of hydrogen-bond donors (Lipinski definition) is 2. The third kappa shape index (κ3) is 5.23. The molecule has 10 heteroatoms. The fraction of sp³-hybridized carbons (Fsp3) is 0.393. The van der Waals surface area contributed by atoms with Crippen molar-refractivity contribution in [1.82, 2.24) is 15.4 Å². The summed E-state index contributed by atoms with van der Waals surface area (Å²) in [5, 5.41) is 10.3. The molecule has 1 saturated heterocycles. The van der Waals surface area contributed by atoms with Crippen LogP contribution in [0.3, 0.4) is 0 Å². The first-order chi connectivity index (χ1) is 18.2. The molecule has 9 nitrogen and oxygen atoms in total. The number of aryl methyl sites for hydroxylation is 1. The van der Waals surface area contributed by atoms with Gasteiger partial charge in [-0.3, -0.25) is 19.8 Å². The SMILES string of the molecule is Cc1cc(COc2ccc(S(=O)(=O)CC3(C(=O)NO)CN(C(=O)CC4CCC4)C3)cc2)c2ccccc2n1. The van der Waals surface area contributed by atoms with Crippen molar-refractivity contribution in [2.45, 2.75) is 44.1 Å². The predicted octanol–water partition coefficient (Wildman–Crippen LogP) is 3.42. The van der Waals surface area contributed by atoms with Gasteiger partial charge >= 0.3 is 0 Å². The maximum atomic E-state index is 13.2. The van der Waals surface area contributed by atoms with Crippen molar-refractivity contribution >= 4 is 32.6 Å². The number of fused-ring (bicyclic) bond motifs is 1. The van der Waals surface area contributed by atoms with Gasteiger partial charge in [0.05, 0.1) is 16.2 Å². The molecule has 1 aliphatic heterocycles. The van der Waals surface area contributed by atoms with Crippen LogP contribution >= 0.6 is 0 Å². The molecule has 0 spiro atoms. The van der Waals surface area contributed by atoms with Gasteiger partial charge in [0.25, 0.3) is 5.91 Å². The average molecular weight is 538 g/mol. The lowest BCUT2D eigenvalue weighted by Crippen LogP contribution is -2.67. The lowest BCUT2D eigenvalue weighted by atomic mass is 9.78. The van der Waals surface area contributed by atoms with Crippen molar-refractivity contribution in [3.8, 4) is 5.75 Å². The number of sulfone groups is 1. The smallest absolute Gasteiger partial charge is 0.254 e. The number of nitrogens with zero attached hydrogens (tertiary/aromatic N) is 2. The fourth-order valence-electron chi connectivity index (χ4n) is 5.22. The number of benzene rings is 2. The summed E-state index contributed by atoms with van der Waals surface area (Å²) in [6.45, 7) is 2.14. The molecule has 2 aliphatic rings. The second-order valence-electron chi connectivity index (χ2n) is 10.4. The molecule has 0 bridgehead atoms. The Kier molecular flexibility index (Phi) is 7.11. The molecule has 1 aromatic heterocycles. The number of aromatic nitrogens is 1. The number of rotatable bonds is 9. The van der Waals surface area contributed by atoms with Crippen molar-refractivity contribution in [3.63, 3.8) is 0 Å². The molecule has 3 aromatic rings. The van der Waals surface area contributed by atoms with E-state index in [4.69, 9.17) is 4.74 Å².